The van der Waals surface area contributed by atoms with Gasteiger partial charge in [-0.05, 0) is 18.9 Å². The summed E-state index contributed by atoms with van der Waals surface area (Å²) in [5.41, 5.74) is 1.35. The fourth-order valence-electron chi connectivity index (χ4n) is 2.44. The first-order valence-electron chi connectivity index (χ1n) is 8.24. The standard InChI is InChI=1S/C17H28N4O/c1-2-18-17(19-9-8-16-6-4-3-5-7-16)20-10-11-21-12-14-22-15-13-21/h3-7H,2,8-15H2,1H3,(H2,18,19,20). The second kappa shape index (κ2) is 10.2. The second-order valence-corrected chi connectivity index (χ2v) is 5.38. The van der Waals surface area contributed by atoms with E-state index in [1.807, 2.05) is 6.07 Å². The minimum absolute atomic E-state index is 0.820. The Labute approximate surface area is 133 Å². The van der Waals surface area contributed by atoms with Crippen LogP contribution in [-0.4, -0.2) is 63.3 Å². The summed E-state index contributed by atoms with van der Waals surface area (Å²) >= 11 is 0. The molecule has 0 aromatic heterocycles. The van der Waals surface area contributed by atoms with Gasteiger partial charge < -0.3 is 15.4 Å². The van der Waals surface area contributed by atoms with Crippen molar-refractivity contribution in [1.29, 1.82) is 0 Å². The third-order valence-electron chi connectivity index (χ3n) is 3.68. The molecular weight excluding hydrogens is 276 g/mol. The number of morpholine rings is 1. The van der Waals surface area contributed by atoms with Gasteiger partial charge in [-0.15, -0.1) is 0 Å². The van der Waals surface area contributed by atoms with Gasteiger partial charge in [0.2, 0.25) is 0 Å². The smallest absolute Gasteiger partial charge is 0.191 e. The molecule has 0 amide bonds. The lowest BCUT2D eigenvalue weighted by molar-refractivity contribution is 0.0394. The molecule has 1 aliphatic heterocycles. The summed E-state index contributed by atoms with van der Waals surface area (Å²) in [5.74, 6) is 0.909. The molecule has 0 bridgehead atoms. The van der Waals surface area contributed by atoms with Crippen LogP contribution in [0.25, 0.3) is 0 Å². The molecule has 1 aliphatic rings. The lowest BCUT2D eigenvalue weighted by atomic mass is 10.1. The second-order valence-electron chi connectivity index (χ2n) is 5.38. The van der Waals surface area contributed by atoms with Crippen molar-refractivity contribution in [2.75, 3.05) is 52.5 Å². The number of aliphatic imine (C=N–C) groups is 1. The van der Waals surface area contributed by atoms with Gasteiger partial charge in [0.25, 0.3) is 0 Å². The maximum atomic E-state index is 5.36. The van der Waals surface area contributed by atoms with Crippen LogP contribution in [0.1, 0.15) is 12.5 Å². The van der Waals surface area contributed by atoms with Crippen molar-refractivity contribution < 1.29 is 4.74 Å². The van der Waals surface area contributed by atoms with Gasteiger partial charge in [-0.3, -0.25) is 9.89 Å². The first-order chi connectivity index (χ1) is 10.9. The lowest BCUT2D eigenvalue weighted by Gasteiger charge is -2.25. The molecule has 22 heavy (non-hydrogen) atoms. The zero-order valence-electron chi connectivity index (χ0n) is 13.6. The van der Waals surface area contributed by atoms with Gasteiger partial charge in [0.05, 0.1) is 19.8 Å². The van der Waals surface area contributed by atoms with Crippen LogP contribution in [0.5, 0.6) is 0 Å². The van der Waals surface area contributed by atoms with E-state index in [9.17, 15) is 0 Å². The zero-order chi connectivity index (χ0) is 15.5. The molecule has 0 spiro atoms. The number of nitrogens with one attached hydrogen (secondary N) is 2. The Morgan fingerprint density at radius 2 is 1.95 bits per heavy atom. The van der Waals surface area contributed by atoms with Crippen LogP contribution in [0.4, 0.5) is 0 Å². The summed E-state index contributed by atoms with van der Waals surface area (Å²) in [7, 11) is 0. The SMILES string of the molecule is CCNC(=NCCN1CCOCC1)NCCc1ccccc1. The van der Waals surface area contributed by atoms with Crippen LogP contribution < -0.4 is 10.6 Å². The van der Waals surface area contributed by atoms with E-state index in [4.69, 9.17) is 4.74 Å². The Hall–Kier alpha value is -1.59. The Bertz CT molecular complexity index is 430. The van der Waals surface area contributed by atoms with Crippen LogP contribution in [-0.2, 0) is 11.2 Å². The molecule has 1 fully saturated rings. The van der Waals surface area contributed by atoms with E-state index in [0.29, 0.717) is 0 Å². The number of hydrogen-bond acceptors (Lipinski definition) is 3. The van der Waals surface area contributed by atoms with E-state index in [1.165, 1.54) is 5.56 Å². The number of hydrogen-bond donors (Lipinski definition) is 2. The van der Waals surface area contributed by atoms with E-state index in [0.717, 1.165) is 64.9 Å². The molecule has 5 nitrogen and oxygen atoms in total. The third kappa shape index (κ3) is 6.45. The molecular formula is C17H28N4O. The van der Waals surface area contributed by atoms with Crippen molar-refractivity contribution in [3.8, 4) is 0 Å². The number of rotatable bonds is 7. The normalized spacial score (nSPS) is 16.5. The summed E-state index contributed by atoms with van der Waals surface area (Å²) in [4.78, 5) is 7.05. The highest BCUT2D eigenvalue weighted by atomic mass is 16.5. The molecule has 0 aliphatic carbocycles. The highest BCUT2D eigenvalue weighted by molar-refractivity contribution is 5.79. The molecule has 1 heterocycles. The first-order valence-corrected chi connectivity index (χ1v) is 8.24. The summed E-state index contributed by atoms with van der Waals surface area (Å²) in [6, 6.07) is 10.5. The third-order valence-corrected chi connectivity index (χ3v) is 3.68. The molecule has 1 aromatic carbocycles. The Kier molecular flexibility index (Phi) is 7.77. The topological polar surface area (TPSA) is 48.9 Å². The van der Waals surface area contributed by atoms with Crippen LogP contribution in [0.2, 0.25) is 0 Å². The van der Waals surface area contributed by atoms with Crippen LogP contribution in [0.15, 0.2) is 35.3 Å². The highest BCUT2D eigenvalue weighted by Crippen LogP contribution is 1.98. The van der Waals surface area contributed by atoms with Crippen molar-refractivity contribution in [3.05, 3.63) is 35.9 Å². The van der Waals surface area contributed by atoms with E-state index < -0.39 is 0 Å². The molecule has 122 valence electrons. The van der Waals surface area contributed by atoms with Crippen LogP contribution in [0, 0.1) is 0 Å². The molecule has 2 N–H and O–H groups in total. The van der Waals surface area contributed by atoms with Crippen molar-refractivity contribution in [1.82, 2.24) is 15.5 Å². The Morgan fingerprint density at radius 1 is 1.18 bits per heavy atom. The maximum absolute atomic E-state index is 5.36. The Morgan fingerprint density at radius 3 is 2.68 bits per heavy atom. The molecule has 0 saturated carbocycles. The maximum Gasteiger partial charge on any atom is 0.191 e. The average Bonchev–Trinajstić information content (AvgIpc) is 2.57. The van der Waals surface area contributed by atoms with Crippen molar-refractivity contribution >= 4 is 5.96 Å². The Balaban J connectivity index is 1.69. The van der Waals surface area contributed by atoms with E-state index in [1.54, 1.807) is 0 Å². The lowest BCUT2D eigenvalue weighted by Crippen LogP contribution is -2.40. The summed E-state index contributed by atoms with van der Waals surface area (Å²) < 4.78 is 5.36. The van der Waals surface area contributed by atoms with Crippen molar-refractivity contribution in [2.24, 2.45) is 4.99 Å². The fourth-order valence-corrected chi connectivity index (χ4v) is 2.44. The number of guanidine groups is 1. The fraction of sp³-hybridized carbons (Fsp3) is 0.588. The monoisotopic (exact) mass is 304 g/mol. The van der Waals surface area contributed by atoms with E-state index in [-0.39, 0.29) is 0 Å². The minimum atomic E-state index is 0.820. The molecule has 1 aromatic rings. The number of ether oxygens (including phenoxy) is 1. The zero-order valence-corrected chi connectivity index (χ0v) is 13.6. The molecule has 0 atom stereocenters. The quantitative estimate of drug-likeness (QED) is 0.585. The van der Waals surface area contributed by atoms with Gasteiger partial charge in [-0.25, -0.2) is 0 Å². The number of nitrogens with zero attached hydrogens (tertiary/aromatic N) is 2. The van der Waals surface area contributed by atoms with Gasteiger partial charge in [0.1, 0.15) is 0 Å². The first kappa shape index (κ1) is 16.8. The average molecular weight is 304 g/mol. The molecule has 5 heteroatoms. The summed E-state index contributed by atoms with van der Waals surface area (Å²) in [6.45, 7) is 9.43. The van der Waals surface area contributed by atoms with Crippen LogP contribution in [0.3, 0.4) is 0 Å². The molecule has 0 radical (unpaired) electrons. The van der Waals surface area contributed by atoms with Gasteiger partial charge in [0, 0.05) is 32.7 Å². The molecule has 1 saturated heterocycles. The molecule has 2 rings (SSSR count). The van der Waals surface area contributed by atoms with Gasteiger partial charge in [-0.2, -0.15) is 0 Å². The van der Waals surface area contributed by atoms with E-state index in [2.05, 4.69) is 51.7 Å². The predicted octanol–water partition coefficient (Wildman–Crippen LogP) is 1.12. The van der Waals surface area contributed by atoms with Gasteiger partial charge in [-0.1, -0.05) is 30.3 Å². The largest absolute Gasteiger partial charge is 0.379 e. The van der Waals surface area contributed by atoms with Gasteiger partial charge >= 0.3 is 0 Å². The summed E-state index contributed by atoms with van der Waals surface area (Å²) in [5, 5.41) is 6.70. The highest BCUT2D eigenvalue weighted by Gasteiger charge is 2.09. The van der Waals surface area contributed by atoms with Crippen molar-refractivity contribution in [3.63, 3.8) is 0 Å². The van der Waals surface area contributed by atoms with Crippen molar-refractivity contribution in [2.45, 2.75) is 13.3 Å². The molecule has 0 unspecified atom stereocenters. The summed E-state index contributed by atoms with van der Waals surface area (Å²) in [6.07, 6.45) is 1.01. The van der Waals surface area contributed by atoms with Crippen LogP contribution >= 0.6 is 0 Å². The van der Waals surface area contributed by atoms with E-state index >= 15 is 0 Å². The van der Waals surface area contributed by atoms with Gasteiger partial charge in [0.15, 0.2) is 5.96 Å². The predicted molar refractivity (Wildman–Crippen MR) is 91.4 cm³/mol. The number of benzene rings is 1. The minimum Gasteiger partial charge on any atom is -0.379 e.